The zero-order chi connectivity index (χ0) is 12.3. The second kappa shape index (κ2) is 4.99. The molecule has 0 aliphatic rings. The Morgan fingerprint density at radius 3 is 2.44 bits per heavy atom. The van der Waals surface area contributed by atoms with Gasteiger partial charge in [0.25, 0.3) is 0 Å². The van der Waals surface area contributed by atoms with Crippen molar-refractivity contribution in [1.29, 1.82) is 0 Å². The van der Waals surface area contributed by atoms with Crippen LogP contribution in [-0.2, 0) is 4.74 Å². The summed E-state index contributed by atoms with van der Waals surface area (Å²) >= 11 is 5.72. The first-order valence-corrected chi connectivity index (χ1v) is 5.03. The molecule has 0 fully saturated rings. The van der Waals surface area contributed by atoms with E-state index in [4.69, 9.17) is 21.4 Å². The van der Waals surface area contributed by atoms with E-state index in [1.165, 1.54) is 18.2 Å². The Hall–Kier alpha value is -1.55. The molecular formula is C11H11ClO4. The zero-order valence-electron chi connectivity index (χ0n) is 8.86. The molecule has 5 heteroatoms. The van der Waals surface area contributed by atoms with Gasteiger partial charge in [0, 0.05) is 0 Å². The van der Waals surface area contributed by atoms with E-state index in [0.29, 0.717) is 0 Å². The van der Waals surface area contributed by atoms with Crippen LogP contribution in [-0.4, -0.2) is 23.1 Å². The van der Waals surface area contributed by atoms with E-state index in [1.807, 2.05) is 0 Å². The number of benzene rings is 1. The minimum absolute atomic E-state index is 0.0192. The number of esters is 1. The third-order valence-electron chi connectivity index (χ3n) is 1.78. The highest BCUT2D eigenvalue weighted by Gasteiger charge is 2.14. The summed E-state index contributed by atoms with van der Waals surface area (Å²) in [4.78, 5) is 22.1. The fourth-order valence-corrected chi connectivity index (χ4v) is 1.36. The van der Waals surface area contributed by atoms with Crippen molar-refractivity contribution < 1.29 is 19.4 Å². The van der Waals surface area contributed by atoms with Crippen LogP contribution in [0, 0.1) is 0 Å². The van der Waals surface area contributed by atoms with Crippen LogP contribution in [0.2, 0.25) is 5.02 Å². The molecule has 1 aromatic carbocycles. The fourth-order valence-electron chi connectivity index (χ4n) is 1.10. The first kappa shape index (κ1) is 12.5. The van der Waals surface area contributed by atoms with Gasteiger partial charge < -0.3 is 9.84 Å². The summed E-state index contributed by atoms with van der Waals surface area (Å²) in [7, 11) is 0. The summed E-state index contributed by atoms with van der Waals surface area (Å²) in [6.07, 6.45) is -0.231. The van der Waals surface area contributed by atoms with E-state index in [9.17, 15) is 9.59 Å². The summed E-state index contributed by atoms with van der Waals surface area (Å²) in [5.74, 6) is -1.65. The second-order valence-electron chi connectivity index (χ2n) is 3.45. The van der Waals surface area contributed by atoms with Crippen molar-refractivity contribution in [3.05, 3.63) is 34.3 Å². The number of carboxylic acids is 1. The number of hydrogen-bond acceptors (Lipinski definition) is 3. The number of rotatable bonds is 3. The molecule has 0 aliphatic heterocycles. The first-order chi connectivity index (χ1) is 7.41. The van der Waals surface area contributed by atoms with E-state index in [-0.39, 0.29) is 22.3 Å². The molecule has 1 rings (SSSR count). The quantitative estimate of drug-likeness (QED) is 0.828. The Balaban J connectivity index is 2.97. The van der Waals surface area contributed by atoms with Gasteiger partial charge >= 0.3 is 11.9 Å². The van der Waals surface area contributed by atoms with Crippen molar-refractivity contribution in [2.24, 2.45) is 0 Å². The average Bonchev–Trinajstić information content (AvgIpc) is 2.15. The van der Waals surface area contributed by atoms with E-state index in [0.717, 1.165) is 0 Å². The molecule has 0 radical (unpaired) electrons. The number of carbonyl (C=O) groups is 2. The normalized spacial score (nSPS) is 10.2. The van der Waals surface area contributed by atoms with Gasteiger partial charge in [0.15, 0.2) is 0 Å². The highest BCUT2D eigenvalue weighted by atomic mass is 35.5. The van der Waals surface area contributed by atoms with Crippen LogP contribution < -0.4 is 0 Å². The van der Waals surface area contributed by atoms with Crippen molar-refractivity contribution in [1.82, 2.24) is 0 Å². The maximum atomic E-state index is 11.5. The predicted octanol–water partition coefficient (Wildman–Crippen LogP) is 2.60. The van der Waals surface area contributed by atoms with Gasteiger partial charge in [-0.2, -0.15) is 0 Å². The topological polar surface area (TPSA) is 63.6 Å². The Labute approximate surface area is 97.8 Å². The number of carbonyl (C=O) groups excluding carboxylic acids is 1. The molecular weight excluding hydrogens is 232 g/mol. The molecule has 16 heavy (non-hydrogen) atoms. The van der Waals surface area contributed by atoms with Crippen molar-refractivity contribution in [3.63, 3.8) is 0 Å². The van der Waals surface area contributed by atoms with Crippen molar-refractivity contribution in [2.45, 2.75) is 20.0 Å². The maximum Gasteiger partial charge on any atom is 0.338 e. The highest BCUT2D eigenvalue weighted by molar-refractivity contribution is 6.33. The molecule has 0 heterocycles. The SMILES string of the molecule is CC(C)OC(=O)c1ccc(C(=O)O)c(Cl)c1. The lowest BCUT2D eigenvalue weighted by Gasteiger charge is -2.08. The minimum atomic E-state index is -1.13. The lowest BCUT2D eigenvalue weighted by atomic mass is 10.1. The van der Waals surface area contributed by atoms with Crippen molar-refractivity contribution >= 4 is 23.5 Å². The van der Waals surface area contributed by atoms with Gasteiger partial charge in [-0.25, -0.2) is 9.59 Å². The van der Waals surface area contributed by atoms with Gasteiger partial charge in [-0.05, 0) is 32.0 Å². The fraction of sp³-hybridized carbons (Fsp3) is 0.273. The summed E-state index contributed by atoms with van der Waals surface area (Å²) < 4.78 is 4.95. The van der Waals surface area contributed by atoms with Gasteiger partial charge in [-0.15, -0.1) is 0 Å². The molecule has 0 saturated carbocycles. The standard InChI is InChI=1S/C11H11ClO4/c1-6(2)16-11(15)7-3-4-8(10(13)14)9(12)5-7/h3-6H,1-2H3,(H,13,14). The van der Waals surface area contributed by atoms with Crippen LogP contribution in [0.5, 0.6) is 0 Å². The number of halogens is 1. The molecule has 0 aromatic heterocycles. The second-order valence-corrected chi connectivity index (χ2v) is 3.86. The Bertz CT molecular complexity index is 426. The summed E-state index contributed by atoms with van der Waals surface area (Å²) in [6, 6.07) is 3.94. The Kier molecular flexibility index (Phi) is 3.90. The molecule has 1 N–H and O–H groups in total. The molecule has 4 nitrogen and oxygen atoms in total. The molecule has 0 aliphatic carbocycles. The van der Waals surface area contributed by atoms with E-state index in [1.54, 1.807) is 13.8 Å². The van der Waals surface area contributed by atoms with Gasteiger partial charge in [0.2, 0.25) is 0 Å². The van der Waals surface area contributed by atoms with Crippen LogP contribution in [0.25, 0.3) is 0 Å². The lowest BCUT2D eigenvalue weighted by Crippen LogP contribution is -2.12. The zero-order valence-corrected chi connectivity index (χ0v) is 9.62. The Morgan fingerprint density at radius 1 is 1.38 bits per heavy atom. The molecule has 1 aromatic rings. The lowest BCUT2D eigenvalue weighted by molar-refractivity contribution is 0.0377. The summed E-state index contributed by atoms with van der Waals surface area (Å²) in [5.41, 5.74) is 0.200. The summed E-state index contributed by atoms with van der Waals surface area (Å²) in [5, 5.41) is 8.76. The minimum Gasteiger partial charge on any atom is -0.478 e. The smallest absolute Gasteiger partial charge is 0.338 e. The summed E-state index contributed by atoms with van der Waals surface area (Å²) in [6.45, 7) is 3.45. The number of carboxylic acid groups (broad SMARTS) is 1. The van der Waals surface area contributed by atoms with Crippen LogP contribution in [0.3, 0.4) is 0 Å². The molecule has 0 spiro atoms. The maximum absolute atomic E-state index is 11.5. The van der Waals surface area contributed by atoms with E-state index in [2.05, 4.69) is 0 Å². The number of aromatic carboxylic acids is 1. The third kappa shape index (κ3) is 2.97. The predicted molar refractivity (Wildman–Crippen MR) is 59.0 cm³/mol. The third-order valence-corrected chi connectivity index (χ3v) is 2.09. The van der Waals surface area contributed by atoms with Gasteiger partial charge in [-0.1, -0.05) is 11.6 Å². The van der Waals surface area contributed by atoms with Crippen LogP contribution >= 0.6 is 11.6 Å². The van der Waals surface area contributed by atoms with Crippen LogP contribution in [0.1, 0.15) is 34.6 Å². The molecule has 0 amide bonds. The highest BCUT2D eigenvalue weighted by Crippen LogP contribution is 2.18. The Morgan fingerprint density at radius 2 is 2.00 bits per heavy atom. The average molecular weight is 243 g/mol. The largest absolute Gasteiger partial charge is 0.478 e. The van der Waals surface area contributed by atoms with E-state index < -0.39 is 11.9 Å². The van der Waals surface area contributed by atoms with Gasteiger partial charge in [0.05, 0.1) is 22.3 Å². The molecule has 0 saturated heterocycles. The first-order valence-electron chi connectivity index (χ1n) is 4.65. The number of hydrogen-bond donors (Lipinski definition) is 1. The van der Waals surface area contributed by atoms with Gasteiger partial charge in [0.1, 0.15) is 0 Å². The van der Waals surface area contributed by atoms with E-state index >= 15 is 0 Å². The molecule has 0 bridgehead atoms. The van der Waals surface area contributed by atoms with Crippen LogP contribution in [0.4, 0.5) is 0 Å². The molecule has 0 atom stereocenters. The van der Waals surface area contributed by atoms with Crippen molar-refractivity contribution in [2.75, 3.05) is 0 Å². The number of ether oxygens (including phenoxy) is 1. The van der Waals surface area contributed by atoms with Gasteiger partial charge in [-0.3, -0.25) is 0 Å². The van der Waals surface area contributed by atoms with Crippen LogP contribution in [0.15, 0.2) is 18.2 Å². The monoisotopic (exact) mass is 242 g/mol. The molecule has 86 valence electrons. The molecule has 0 unspecified atom stereocenters. The van der Waals surface area contributed by atoms with Crippen molar-refractivity contribution in [3.8, 4) is 0 Å².